The van der Waals surface area contributed by atoms with Crippen molar-refractivity contribution in [1.82, 2.24) is 15.1 Å². The standard InChI is InChI=1S/C16H25N3O3/c1-10(2)13-17-18-14(22-13)12-8-19(7-11(12)9-21-4)15(20)16(3)5-6-16/h10-12H,5-9H2,1-4H3/t11-,12+/m0/s1. The second kappa shape index (κ2) is 5.65. The SMILES string of the molecule is COC[C@@H]1CN(C(=O)C2(C)CC2)C[C@H]1c1nnc(C(C)C)o1. The predicted molar refractivity (Wildman–Crippen MR) is 80.4 cm³/mol. The molecule has 1 saturated carbocycles. The first-order valence-corrected chi connectivity index (χ1v) is 8.06. The van der Waals surface area contributed by atoms with E-state index in [1.54, 1.807) is 7.11 Å². The van der Waals surface area contributed by atoms with Gasteiger partial charge in [-0.2, -0.15) is 0 Å². The molecule has 1 aliphatic carbocycles. The van der Waals surface area contributed by atoms with Gasteiger partial charge in [-0.25, -0.2) is 0 Å². The number of hydrogen-bond donors (Lipinski definition) is 0. The normalized spacial score (nSPS) is 26.7. The Morgan fingerprint density at radius 3 is 2.68 bits per heavy atom. The van der Waals surface area contributed by atoms with Gasteiger partial charge < -0.3 is 14.1 Å². The fraction of sp³-hybridized carbons (Fsp3) is 0.812. The van der Waals surface area contributed by atoms with Crippen molar-refractivity contribution in [2.75, 3.05) is 26.8 Å². The van der Waals surface area contributed by atoms with Gasteiger partial charge in [-0.15, -0.1) is 10.2 Å². The number of methoxy groups -OCH3 is 1. The number of carbonyl (C=O) groups is 1. The minimum atomic E-state index is -0.134. The lowest BCUT2D eigenvalue weighted by Crippen LogP contribution is -2.34. The van der Waals surface area contributed by atoms with Crippen molar-refractivity contribution in [2.45, 2.75) is 45.4 Å². The second-order valence-electron chi connectivity index (χ2n) is 7.23. The molecule has 0 N–H and O–H groups in total. The molecule has 1 aliphatic heterocycles. The molecule has 122 valence electrons. The van der Waals surface area contributed by atoms with Crippen LogP contribution in [-0.2, 0) is 9.53 Å². The molecule has 0 radical (unpaired) electrons. The van der Waals surface area contributed by atoms with E-state index in [4.69, 9.17) is 9.15 Å². The molecule has 2 atom stereocenters. The van der Waals surface area contributed by atoms with E-state index in [1.165, 1.54) is 0 Å². The number of nitrogens with zero attached hydrogens (tertiary/aromatic N) is 3. The summed E-state index contributed by atoms with van der Waals surface area (Å²) in [6.45, 7) is 8.08. The van der Waals surface area contributed by atoms with Crippen LogP contribution in [0.1, 0.15) is 57.2 Å². The van der Waals surface area contributed by atoms with Gasteiger partial charge in [0.05, 0.1) is 12.5 Å². The topological polar surface area (TPSA) is 68.5 Å². The molecule has 3 rings (SSSR count). The van der Waals surface area contributed by atoms with Crippen LogP contribution < -0.4 is 0 Å². The van der Waals surface area contributed by atoms with Crippen LogP contribution in [0.5, 0.6) is 0 Å². The lowest BCUT2D eigenvalue weighted by molar-refractivity contribution is -0.135. The highest BCUT2D eigenvalue weighted by molar-refractivity contribution is 5.85. The number of likely N-dealkylation sites (tertiary alicyclic amines) is 1. The van der Waals surface area contributed by atoms with Crippen LogP contribution in [0.4, 0.5) is 0 Å². The molecule has 6 nitrogen and oxygen atoms in total. The Morgan fingerprint density at radius 1 is 1.41 bits per heavy atom. The first-order valence-electron chi connectivity index (χ1n) is 8.06. The first kappa shape index (κ1) is 15.5. The molecular formula is C16H25N3O3. The van der Waals surface area contributed by atoms with E-state index in [-0.39, 0.29) is 29.1 Å². The maximum absolute atomic E-state index is 12.6. The lowest BCUT2D eigenvalue weighted by atomic mass is 9.97. The maximum Gasteiger partial charge on any atom is 0.228 e. The average molecular weight is 307 g/mol. The third-order valence-corrected chi connectivity index (χ3v) is 4.89. The summed E-state index contributed by atoms with van der Waals surface area (Å²) >= 11 is 0. The Bertz CT molecular complexity index is 551. The van der Waals surface area contributed by atoms with Gasteiger partial charge in [0.15, 0.2) is 0 Å². The number of aromatic nitrogens is 2. The molecule has 6 heteroatoms. The number of ether oxygens (including phenoxy) is 1. The van der Waals surface area contributed by atoms with E-state index in [1.807, 2.05) is 18.7 Å². The molecule has 1 amide bonds. The highest BCUT2D eigenvalue weighted by Crippen LogP contribution is 2.48. The minimum Gasteiger partial charge on any atom is -0.425 e. The van der Waals surface area contributed by atoms with Gasteiger partial charge in [0, 0.05) is 37.5 Å². The number of rotatable bonds is 5. The van der Waals surface area contributed by atoms with Crippen LogP contribution in [0.25, 0.3) is 0 Å². The van der Waals surface area contributed by atoms with Gasteiger partial charge in [0.2, 0.25) is 17.7 Å². The zero-order chi connectivity index (χ0) is 15.9. The first-order chi connectivity index (χ1) is 10.4. The van der Waals surface area contributed by atoms with E-state index in [9.17, 15) is 4.79 Å². The third kappa shape index (κ3) is 2.76. The van der Waals surface area contributed by atoms with Crippen LogP contribution >= 0.6 is 0 Å². The Balaban J connectivity index is 1.77. The van der Waals surface area contributed by atoms with Crippen molar-refractivity contribution < 1.29 is 13.9 Å². The van der Waals surface area contributed by atoms with Crippen LogP contribution in [0.3, 0.4) is 0 Å². The highest BCUT2D eigenvalue weighted by Gasteiger charge is 2.50. The molecule has 2 heterocycles. The summed E-state index contributed by atoms with van der Waals surface area (Å²) in [4.78, 5) is 14.5. The predicted octanol–water partition coefficient (Wildman–Crippen LogP) is 2.18. The van der Waals surface area contributed by atoms with Crippen LogP contribution in [-0.4, -0.2) is 47.8 Å². The van der Waals surface area contributed by atoms with E-state index >= 15 is 0 Å². The molecule has 2 aliphatic rings. The summed E-state index contributed by atoms with van der Waals surface area (Å²) < 4.78 is 11.2. The zero-order valence-electron chi connectivity index (χ0n) is 13.8. The zero-order valence-corrected chi connectivity index (χ0v) is 13.8. The van der Waals surface area contributed by atoms with E-state index < -0.39 is 0 Å². The Hall–Kier alpha value is -1.43. The molecule has 0 bridgehead atoms. The third-order valence-electron chi connectivity index (χ3n) is 4.89. The fourth-order valence-electron chi connectivity index (χ4n) is 3.11. The van der Waals surface area contributed by atoms with Crippen molar-refractivity contribution in [3.05, 3.63) is 11.8 Å². The molecular weight excluding hydrogens is 282 g/mol. The molecule has 1 aromatic rings. The monoisotopic (exact) mass is 307 g/mol. The van der Waals surface area contributed by atoms with Gasteiger partial charge in [-0.05, 0) is 12.8 Å². The summed E-state index contributed by atoms with van der Waals surface area (Å²) in [7, 11) is 1.69. The Kier molecular flexibility index (Phi) is 3.97. The van der Waals surface area contributed by atoms with Crippen LogP contribution in [0, 0.1) is 11.3 Å². The summed E-state index contributed by atoms with van der Waals surface area (Å²) in [6, 6.07) is 0. The van der Waals surface area contributed by atoms with Crippen molar-refractivity contribution in [3.63, 3.8) is 0 Å². The lowest BCUT2D eigenvalue weighted by Gasteiger charge is -2.20. The van der Waals surface area contributed by atoms with Crippen molar-refractivity contribution >= 4 is 5.91 Å². The van der Waals surface area contributed by atoms with Gasteiger partial charge in [-0.1, -0.05) is 20.8 Å². The summed E-state index contributed by atoms with van der Waals surface area (Å²) in [5.74, 6) is 2.07. The average Bonchev–Trinajstić information content (AvgIpc) is 2.93. The molecule has 2 fully saturated rings. The van der Waals surface area contributed by atoms with Crippen molar-refractivity contribution in [2.24, 2.45) is 11.3 Å². The van der Waals surface area contributed by atoms with Crippen LogP contribution in [0.15, 0.2) is 4.42 Å². The molecule has 22 heavy (non-hydrogen) atoms. The molecule has 0 spiro atoms. The quantitative estimate of drug-likeness (QED) is 0.834. The van der Waals surface area contributed by atoms with Gasteiger partial charge in [0.1, 0.15) is 0 Å². The molecule has 0 unspecified atom stereocenters. The summed E-state index contributed by atoms with van der Waals surface area (Å²) in [5.41, 5.74) is -0.134. The maximum atomic E-state index is 12.6. The molecule has 1 saturated heterocycles. The van der Waals surface area contributed by atoms with Gasteiger partial charge in [-0.3, -0.25) is 4.79 Å². The fourth-order valence-corrected chi connectivity index (χ4v) is 3.11. The largest absolute Gasteiger partial charge is 0.425 e. The second-order valence-corrected chi connectivity index (χ2v) is 7.23. The Morgan fingerprint density at radius 2 is 2.14 bits per heavy atom. The summed E-state index contributed by atoms with van der Waals surface area (Å²) in [5, 5.41) is 8.34. The number of hydrogen-bond acceptors (Lipinski definition) is 5. The van der Waals surface area contributed by atoms with Gasteiger partial charge in [0.25, 0.3) is 0 Å². The number of amides is 1. The van der Waals surface area contributed by atoms with Crippen molar-refractivity contribution in [1.29, 1.82) is 0 Å². The minimum absolute atomic E-state index is 0.0752. The van der Waals surface area contributed by atoms with Crippen LogP contribution in [0.2, 0.25) is 0 Å². The van der Waals surface area contributed by atoms with E-state index in [0.29, 0.717) is 31.5 Å². The number of carbonyl (C=O) groups excluding carboxylic acids is 1. The smallest absolute Gasteiger partial charge is 0.228 e. The molecule has 0 aromatic carbocycles. The van der Waals surface area contributed by atoms with E-state index in [0.717, 1.165) is 12.8 Å². The highest BCUT2D eigenvalue weighted by atomic mass is 16.5. The Labute approximate surface area is 131 Å². The van der Waals surface area contributed by atoms with Crippen molar-refractivity contribution in [3.8, 4) is 0 Å². The van der Waals surface area contributed by atoms with Gasteiger partial charge >= 0.3 is 0 Å². The van der Waals surface area contributed by atoms with E-state index in [2.05, 4.69) is 17.1 Å². The molecule has 1 aromatic heterocycles. The summed E-state index contributed by atoms with van der Waals surface area (Å²) in [6.07, 6.45) is 2.00.